The summed E-state index contributed by atoms with van der Waals surface area (Å²) in [5.41, 5.74) is 2.51. The van der Waals surface area contributed by atoms with Crippen LogP contribution in [0.25, 0.3) is 0 Å². The molecule has 1 heterocycles. The second-order valence-corrected chi connectivity index (χ2v) is 7.21. The summed E-state index contributed by atoms with van der Waals surface area (Å²) in [6.07, 6.45) is 3.99. The second kappa shape index (κ2) is 9.60. The summed E-state index contributed by atoms with van der Waals surface area (Å²) in [5, 5.41) is 3.61. The normalized spacial score (nSPS) is 14.8. The molecule has 0 bridgehead atoms. The SMILES string of the molecule is O=C(COc1ccc(Cl)cc1)NCc1ccccc1C[NH+]1CCCCC1. The fraction of sp³-hybridized carbons (Fsp3) is 0.381. The van der Waals surface area contributed by atoms with Crippen LogP contribution < -0.4 is 15.0 Å². The van der Waals surface area contributed by atoms with Crippen molar-refractivity contribution >= 4 is 17.5 Å². The standard InChI is InChI=1S/C21H25ClN2O2/c22-19-8-10-20(11-9-19)26-16-21(25)23-14-17-6-2-3-7-18(17)15-24-12-4-1-5-13-24/h2-3,6-11H,1,4-5,12-16H2,(H,23,25)/p+1. The summed E-state index contributed by atoms with van der Waals surface area (Å²) in [5.74, 6) is 0.513. The molecule has 1 fully saturated rings. The number of benzene rings is 2. The van der Waals surface area contributed by atoms with Crippen LogP contribution in [0.2, 0.25) is 5.02 Å². The molecule has 1 aliphatic rings. The van der Waals surface area contributed by atoms with E-state index in [1.807, 2.05) is 6.07 Å². The highest BCUT2D eigenvalue weighted by Crippen LogP contribution is 2.15. The van der Waals surface area contributed by atoms with Crippen LogP contribution in [0.15, 0.2) is 48.5 Å². The van der Waals surface area contributed by atoms with Gasteiger partial charge in [-0.25, -0.2) is 0 Å². The van der Waals surface area contributed by atoms with E-state index in [0.717, 1.165) is 6.54 Å². The molecular weight excluding hydrogens is 348 g/mol. The molecule has 0 aromatic heterocycles. The van der Waals surface area contributed by atoms with Gasteiger partial charge >= 0.3 is 0 Å². The van der Waals surface area contributed by atoms with Crippen molar-refractivity contribution in [3.8, 4) is 5.75 Å². The zero-order chi connectivity index (χ0) is 18.2. The summed E-state index contributed by atoms with van der Waals surface area (Å²) in [6.45, 7) is 4.06. The molecule has 2 aromatic rings. The summed E-state index contributed by atoms with van der Waals surface area (Å²) in [7, 11) is 0. The zero-order valence-corrected chi connectivity index (χ0v) is 15.7. The van der Waals surface area contributed by atoms with Gasteiger partial charge in [-0.1, -0.05) is 35.9 Å². The van der Waals surface area contributed by atoms with Crippen LogP contribution >= 0.6 is 11.6 Å². The summed E-state index contributed by atoms with van der Waals surface area (Å²) < 4.78 is 5.49. The predicted octanol–water partition coefficient (Wildman–Crippen LogP) is 2.60. The first kappa shape index (κ1) is 18.7. The van der Waals surface area contributed by atoms with Gasteiger partial charge in [-0.05, 0) is 49.1 Å². The minimum absolute atomic E-state index is 0.00116. The summed E-state index contributed by atoms with van der Waals surface area (Å²) in [6, 6.07) is 15.4. The van der Waals surface area contributed by atoms with Crippen molar-refractivity contribution in [3.63, 3.8) is 0 Å². The molecule has 1 aliphatic heterocycles. The molecule has 4 nitrogen and oxygen atoms in total. The molecular formula is C21H26ClN2O2+. The molecule has 138 valence electrons. The Kier molecular flexibility index (Phi) is 6.92. The Labute approximate surface area is 160 Å². The van der Waals surface area contributed by atoms with Crippen LogP contribution in [0.1, 0.15) is 30.4 Å². The van der Waals surface area contributed by atoms with Gasteiger partial charge in [0.25, 0.3) is 5.91 Å². The average Bonchev–Trinajstić information content (AvgIpc) is 2.68. The van der Waals surface area contributed by atoms with Gasteiger partial charge in [-0.2, -0.15) is 0 Å². The summed E-state index contributed by atoms with van der Waals surface area (Å²) in [4.78, 5) is 13.7. The highest BCUT2D eigenvalue weighted by molar-refractivity contribution is 6.30. The van der Waals surface area contributed by atoms with Gasteiger partial charge in [0, 0.05) is 17.1 Å². The largest absolute Gasteiger partial charge is 0.484 e. The lowest BCUT2D eigenvalue weighted by Crippen LogP contribution is -3.11. The molecule has 26 heavy (non-hydrogen) atoms. The maximum Gasteiger partial charge on any atom is 0.258 e. The molecule has 0 atom stereocenters. The fourth-order valence-electron chi connectivity index (χ4n) is 3.32. The lowest BCUT2D eigenvalue weighted by atomic mass is 10.0. The Hall–Kier alpha value is -2.04. The van der Waals surface area contributed by atoms with E-state index in [-0.39, 0.29) is 12.5 Å². The number of carbonyl (C=O) groups is 1. The van der Waals surface area contributed by atoms with E-state index < -0.39 is 0 Å². The molecule has 5 heteroatoms. The third kappa shape index (κ3) is 5.75. The van der Waals surface area contributed by atoms with E-state index in [2.05, 4.69) is 23.5 Å². The third-order valence-electron chi connectivity index (χ3n) is 4.78. The topological polar surface area (TPSA) is 42.8 Å². The number of piperidine rings is 1. The third-order valence-corrected chi connectivity index (χ3v) is 5.03. The number of carbonyl (C=O) groups excluding carboxylic acids is 1. The molecule has 1 saturated heterocycles. The number of hydrogen-bond acceptors (Lipinski definition) is 2. The number of nitrogens with one attached hydrogen (secondary N) is 2. The van der Waals surface area contributed by atoms with Crippen molar-refractivity contribution in [1.29, 1.82) is 0 Å². The molecule has 3 rings (SSSR count). The van der Waals surface area contributed by atoms with Crippen molar-refractivity contribution < 1.29 is 14.4 Å². The molecule has 1 amide bonds. The maximum absolute atomic E-state index is 12.1. The molecule has 0 spiro atoms. The van der Waals surface area contributed by atoms with E-state index in [1.54, 1.807) is 29.2 Å². The highest BCUT2D eigenvalue weighted by atomic mass is 35.5. The maximum atomic E-state index is 12.1. The van der Waals surface area contributed by atoms with Crippen LogP contribution in [0.5, 0.6) is 5.75 Å². The lowest BCUT2D eigenvalue weighted by molar-refractivity contribution is -0.918. The van der Waals surface area contributed by atoms with E-state index in [1.165, 1.54) is 43.5 Å². The molecule has 2 aromatic carbocycles. The second-order valence-electron chi connectivity index (χ2n) is 6.78. The molecule has 0 unspecified atom stereocenters. The minimum Gasteiger partial charge on any atom is -0.484 e. The van der Waals surface area contributed by atoms with E-state index in [4.69, 9.17) is 16.3 Å². The number of likely N-dealkylation sites (tertiary alicyclic amines) is 1. The Bertz CT molecular complexity index is 712. The van der Waals surface area contributed by atoms with Crippen molar-refractivity contribution in [3.05, 3.63) is 64.7 Å². The van der Waals surface area contributed by atoms with Crippen molar-refractivity contribution in [2.75, 3.05) is 19.7 Å². The van der Waals surface area contributed by atoms with Gasteiger partial charge in [0.05, 0.1) is 13.1 Å². The van der Waals surface area contributed by atoms with Gasteiger partial charge in [0.15, 0.2) is 6.61 Å². The van der Waals surface area contributed by atoms with Gasteiger partial charge in [-0.15, -0.1) is 0 Å². The number of halogens is 1. The van der Waals surface area contributed by atoms with Gasteiger partial charge < -0.3 is 15.0 Å². The van der Waals surface area contributed by atoms with Gasteiger partial charge in [-0.3, -0.25) is 4.79 Å². The Morgan fingerprint density at radius 3 is 2.42 bits per heavy atom. The number of ether oxygens (including phenoxy) is 1. The highest BCUT2D eigenvalue weighted by Gasteiger charge is 2.15. The van der Waals surface area contributed by atoms with E-state index >= 15 is 0 Å². The van der Waals surface area contributed by atoms with Gasteiger partial charge in [0.2, 0.25) is 0 Å². The van der Waals surface area contributed by atoms with Crippen molar-refractivity contribution in [1.82, 2.24) is 5.32 Å². The first-order chi connectivity index (χ1) is 12.7. The molecule has 0 radical (unpaired) electrons. The van der Waals surface area contributed by atoms with Gasteiger partial charge in [0.1, 0.15) is 12.3 Å². The average molecular weight is 374 g/mol. The molecule has 0 aliphatic carbocycles. The van der Waals surface area contributed by atoms with E-state index in [0.29, 0.717) is 17.3 Å². The van der Waals surface area contributed by atoms with E-state index in [9.17, 15) is 4.79 Å². The van der Waals surface area contributed by atoms with Crippen LogP contribution in [-0.2, 0) is 17.9 Å². The Morgan fingerprint density at radius 1 is 1.00 bits per heavy atom. The predicted molar refractivity (Wildman–Crippen MR) is 103 cm³/mol. The smallest absolute Gasteiger partial charge is 0.258 e. The van der Waals surface area contributed by atoms with Crippen LogP contribution in [0.3, 0.4) is 0 Å². The lowest BCUT2D eigenvalue weighted by Gasteiger charge is -2.24. The fourth-order valence-corrected chi connectivity index (χ4v) is 3.45. The Morgan fingerprint density at radius 2 is 1.69 bits per heavy atom. The quantitative estimate of drug-likeness (QED) is 0.783. The van der Waals surface area contributed by atoms with Crippen LogP contribution in [-0.4, -0.2) is 25.6 Å². The number of hydrogen-bond donors (Lipinski definition) is 2. The summed E-state index contributed by atoms with van der Waals surface area (Å²) >= 11 is 5.84. The Balaban J connectivity index is 1.49. The number of quaternary nitrogens is 1. The molecule has 0 saturated carbocycles. The number of amides is 1. The minimum atomic E-state index is -0.125. The monoisotopic (exact) mass is 373 g/mol. The van der Waals surface area contributed by atoms with Crippen LogP contribution in [0, 0.1) is 0 Å². The van der Waals surface area contributed by atoms with Crippen molar-refractivity contribution in [2.24, 2.45) is 0 Å². The zero-order valence-electron chi connectivity index (χ0n) is 15.0. The molecule has 2 N–H and O–H groups in total. The van der Waals surface area contributed by atoms with Crippen molar-refractivity contribution in [2.45, 2.75) is 32.4 Å². The number of rotatable bonds is 7. The van der Waals surface area contributed by atoms with Crippen LogP contribution in [0.4, 0.5) is 0 Å². The first-order valence-corrected chi connectivity index (χ1v) is 9.64. The first-order valence-electron chi connectivity index (χ1n) is 9.26.